The van der Waals surface area contributed by atoms with Gasteiger partial charge in [0.2, 0.25) is 0 Å². The molecule has 0 bridgehead atoms. The first-order chi connectivity index (χ1) is 5.79. The number of aromatic nitrogens is 2. The maximum Gasteiger partial charge on any atom is 0.0623 e. The zero-order chi connectivity index (χ0) is 8.55. The van der Waals surface area contributed by atoms with Crippen LogP contribution in [-0.2, 0) is 7.05 Å². The molecule has 1 heterocycles. The molecule has 12 heavy (non-hydrogen) atoms. The van der Waals surface area contributed by atoms with E-state index in [1.54, 1.807) is 6.20 Å². The van der Waals surface area contributed by atoms with Crippen LogP contribution in [0.4, 0.5) is 0 Å². The van der Waals surface area contributed by atoms with Crippen LogP contribution in [0, 0.1) is 0 Å². The quantitative estimate of drug-likeness (QED) is 0.677. The van der Waals surface area contributed by atoms with E-state index in [0.717, 1.165) is 19.3 Å². The molecule has 1 aliphatic rings. The Bertz CT molecular complexity index is 269. The van der Waals surface area contributed by atoms with Gasteiger partial charge in [0, 0.05) is 24.9 Å². The summed E-state index contributed by atoms with van der Waals surface area (Å²) in [4.78, 5) is 0. The Morgan fingerprint density at radius 3 is 2.92 bits per heavy atom. The van der Waals surface area contributed by atoms with Gasteiger partial charge in [-0.2, -0.15) is 5.10 Å². The van der Waals surface area contributed by atoms with Crippen molar-refractivity contribution in [2.45, 2.75) is 31.3 Å². The van der Waals surface area contributed by atoms with Crippen LogP contribution in [-0.4, -0.2) is 21.0 Å². The molecule has 0 saturated heterocycles. The van der Waals surface area contributed by atoms with Crippen LogP contribution in [0.2, 0.25) is 0 Å². The third kappa shape index (κ3) is 1.14. The summed E-state index contributed by atoms with van der Waals surface area (Å²) in [5.74, 6) is 0.317. The van der Waals surface area contributed by atoms with Crippen molar-refractivity contribution in [3.63, 3.8) is 0 Å². The molecule has 66 valence electrons. The number of aliphatic hydroxyl groups is 1. The fourth-order valence-corrected chi connectivity index (χ4v) is 2.03. The van der Waals surface area contributed by atoms with E-state index in [-0.39, 0.29) is 6.10 Å². The zero-order valence-electron chi connectivity index (χ0n) is 7.27. The van der Waals surface area contributed by atoms with Crippen molar-refractivity contribution >= 4 is 0 Å². The van der Waals surface area contributed by atoms with Gasteiger partial charge in [-0.05, 0) is 18.9 Å². The Labute approximate surface area is 72.0 Å². The lowest BCUT2D eigenvalue weighted by atomic mass is 10.0. The van der Waals surface area contributed by atoms with Crippen molar-refractivity contribution in [1.82, 2.24) is 9.78 Å². The van der Waals surface area contributed by atoms with Gasteiger partial charge in [0.1, 0.15) is 0 Å². The Balaban J connectivity index is 2.24. The molecule has 1 unspecified atom stereocenters. The molecule has 0 spiro atoms. The summed E-state index contributed by atoms with van der Waals surface area (Å²) in [5, 5.41) is 13.7. The SMILES string of the molecule is Cn1nccc1[C@H]1CCCC1O. The molecule has 2 rings (SSSR count). The van der Waals surface area contributed by atoms with Gasteiger partial charge in [-0.25, -0.2) is 0 Å². The topological polar surface area (TPSA) is 38.0 Å². The summed E-state index contributed by atoms with van der Waals surface area (Å²) in [5.41, 5.74) is 1.17. The van der Waals surface area contributed by atoms with E-state index in [1.807, 2.05) is 17.8 Å². The highest BCUT2D eigenvalue weighted by Crippen LogP contribution is 2.33. The molecular weight excluding hydrogens is 152 g/mol. The minimum absolute atomic E-state index is 0.152. The summed E-state index contributed by atoms with van der Waals surface area (Å²) in [6, 6.07) is 2.00. The lowest BCUT2D eigenvalue weighted by Gasteiger charge is -2.13. The Morgan fingerprint density at radius 1 is 1.58 bits per heavy atom. The maximum absolute atomic E-state index is 9.64. The third-order valence-electron chi connectivity index (χ3n) is 2.72. The van der Waals surface area contributed by atoms with Crippen LogP contribution in [0.15, 0.2) is 12.3 Å². The summed E-state index contributed by atoms with van der Waals surface area (Å²) >= 11 is 0. The van der Waals surface area contributed by atoms with Gasteiger partial charge in [0.15, 0.2) is 0 Å². The molecule has 1 aromatic rings. The Morgan fingerprint density at radius 2 is 2.42 bits per heavy atom. The molecule has 3 nitrogen and oxygen atoms in total. The number of hydrogen-bond acceptors (Lipinski definition) is 2. The molecule has 1 fully saturated rings. The second-order valence-electron chi connectivity index (χ2n) is 3.48. The van der Waals surface area contributed by atoms with E-state index in [4.69, 9.17) is 0 Å². The second-order valence-corrected chi connectivity index (χ2v) is 3.48. The Kier molecular flexibility index (Phi) is 1.89. The maximum atomic E-state index is 9.64. The molecule has 1 aliphatic carbocycles. The first-order valence-electron chi connectivity index (χ1n) is 4.45. The molecule has 0 amide bonds. The monoisotopic (exact) mass is 166 g/mol. The van der Waals surface area contributed by atoms with E-state index in [2.05, 4.69) is 5.10 Å². The highest BCUT2D eigenvalue weighted by molar-refractivity contribution is 5.11. The highest BCUT2D eigenvalue weighted by Gasteiger charge is 2.28. The molecule has 0 aliphatic heterocycles. The van der Waals surface area contributed by atoms with Gasteiger partial charge in [0.25, 0.3) is 0 Å². The van der Waals surface area contributed by atoms with E-state index in [9.17, 15) is 5.11 Å². The molecular formula is C9H14N2O. The smallest absolute Gasteiger partial charge is 0.0623 e. The molecule has 0 radical (unpaired) electrons. The average Bonchev–Trinajstić information content (AvgIpc) is 2.59. The highest BCUT2D eigenvalue weighted by atomic mass is 16.3. The summed E-state index contributed by atoms with van der Waals surface area (Å²) in [6.45, 7) is 0. The predicted molar refractivity (Wildman–Crippen MR) is 45.8 cm³/mol. The van der Waals surface area contributed by atoms with E-state index >= 15 is 0 Å². The van der Waals surface area contributed by atoms with Gasteiger partial charge in [-0.1, -0.05) is 6.42 Å². The van der Waals surface area contributed by atoms with Gasteiger partial charge >= 0.3 is 0 Å². The third-order valence-corrected chi connectivity index (χ3v) is 2.72. The first-order valence-corrected chi connectivity index (χ1v) is 4.45. The van der Waals surface area contributed by atoms with Crippen LogP contribution < -0.4 is 0 Å². The minimum Gasteiger partial charge on any atom is -0.392 e. The fraction of sp³-hybridized carbons (Fsp3) is 0.667. The summed E-state index contributed by atoms with van der Waals surface area (Å²) in [7, 11) is 1.93. The van der Waals surface area contributed by atoms with E-state index in [1.165, 1.54) is 5.69 Å². The molecule has 1 saturated carbocycles. The normalized spacial score (nSPS) is 29.5. The number of nitrogens with zero attached hydrogens (tertiary/aromatic N) is 2. The lowest BCUT2D eigenvalue weighted by molar-refractivity contribution is 0.160. The van der Waals surface area contributed by atoms with Gasteiger partial charge in [-0.15, -0.1) is 0 Å². The Hall–Kier alpha value is -0.830. The summed E-state index contributed by atoms with van der Waals surface area (Å²) < 4.78 is 1.86. The number of aliphatic hydroxyl groups excluding tert-OH is 1. The van der Waals surface area contributed by atoms with Crippen LogP contribution in [0.5, 0.6) is 0 Å². The largest absolute Gasteiger partial charge is 0.392 e. The van der Waals surface area contributed by atoms with Gasteiger partial charge in [-0.3, -0.25) is 4.68 Å². The van der Waals surface area contributed by atoms with Crippen molar-refractivity contribution in [2.75, 3.05) is 0 Å². The number of hydrogen-bond donors (Lipinski definition) is 1. The molecule has 0 aromatic carbocycles. The average molecular weight is 166 g/mol. The predicted octanol–water partition coefficient (Wildman–Crippen LogP) is 1.05. The molecule has 1 N–H and O–H groups in total. The van der Waals surface area contributed by atoms with Crippen molar-refractivity contribution in [1.29, 1.82) is 0 Å². The van der Waals surface area contributed by atoms with Crippen molar-refractivity contribution < 1.29 is 5.11 Å². The van der Waals surface area contributed by atoms with E-state index in [0.29, 0.717) is 5.92 Å². The minimum atomic E-state index is -0.152. The molecule has 1 aromatic heterocycles. The summed E-state index contributed by atoms with van der Waals surface area (Å²) in [6.07, 6.45) is 4.81. The van der Waals surface area contributed by atoms with Crippen molar-refractivity contribution in [3.05, 3.63) is 18.0 Å². The number of rotatable bonds is 1. The van der Waals surface area contributed by atoms with Crippen LogP contribution >= 0.6 is 0 Å². The van der Waals surface area contributed by atoms with E-state index < -0.39 is 0 Å². The lowest BCUT2D eigenvalue weighted by Crippen LogP contribution is -2.14. The fourth-order valence-electron chi connectivity index (χ4n) is 2.03. The van der Waals surface area contributed by atoms with Crippen LogP contribution in [0.3, 0.4) is 0 Å². The zero-order valence-corrected chi connectivity index (χ0v) is 7.27. The van der Waals surface area contributed by atoms with Crippen molar-refractivity contribution in [2.24, 2.45) is 7.05 Å². The van der Waals surface area contributed by atoms with Crippen molar-refractivity contribution in [3.8, 4) is 0 Å². The standard InChI is InChI=1S/C9H14N2O/c1-11-8(5-6-10-11)7-3-2-4-9(7)12/h5-7,9,12H,2-4H2,1H3/t7-,9?/m1/s1. The van der Waals surface area contributed by atoms with Crippen LogP contribution in [0.25, 0.3) is 0 Å². The van der Waals surface area contributed by atoms with Gasteiger partial charge in [0.05, 0.1) is 6.10 Å². The molecule has 2 atom stereocenters. The first kappa shape index (κ1) is 7.80. The number of aryl methyl sites for hydroxylation is 1. The van der Waals surface area contributed by atoms with Gasteiger partial charge < -0.3 is 5.11 Å². The second kappa shape index (κ2) is 2.90. The van der Waals surface area contributed by atoms with Crippen LogP contribution in [0.1, 0.15) is 30.9 Å². The molecule has 3 heteroatoms.